The first-order valence-electron chi connectivity index (χ1n) is 8.84. The van der Waals surface area contributed by atoms with Gasteiger partial charge in [-0.3, -0.25) is 4.79 Å². The van der Waals surface area contributed by atoms with Crippen LogP contribution in [0.5, 0.6) is 0 Å². The van der Waals surface area contributed by atoms with E-state index in [0.717, 1.165) is 25.9 Å². The number of carbonyl (C=O) groups is 1. The molecular weight excluding hydrogens is 296 g/mol. The number of nitrogens with zero attached hydrogens (tertiary/aromatic N) is 1. The van der Waals surface area contributed by atoms with Gasteiger partial charge in [-0.25, -0.2) is 0 Å². The van der Waals surface area contributed by atoms with Gasteiger partial charge in [0.2, 0.25) is 5.91 Å². The van der Waals surface area contributed by atoms with Crippen LogP contribution in [-0.4, -0.2) is 29.9 Å². The molecule has 2 aliphatic rings. The third-order valence-electron chi connectivity index (χ3n) is 5.33. The van der Waals surface area contributed by atoms with Crippen LogP contribution in [0.3, 0.4) is 0 Å². The molecule has 2 aromatic rings. The number of benzene rings is 2. The van der Waals surface area contributed by atoms with Crippen LogP contribution in [0.1, 0.15) is 29.9 Å². The molecule has 1 saturated heterocycles. The molecule has 3 unspecified atom stereocenters. The molecule has 3 heteroatoms. The fourth-order valence-electron chi connectivity index (χ4n) is 3.93. The predicted molar refractivity (Wildman–Crippen MR) is 96.6 cm³/mol. The number of rotatable bonds is 3. The summed E-state index contributed by atoms with van der Waals surface area (Å²) in [4.78, 5) is 14.7. The highest BCUT2D eigenvalue weighted by atomic mass is 16.2. The van der Waals surface area contributed by atoms with E-state index >= 15 is 0 Å². The molecule has 1 amide bonds. The second kappa shape index (κ2) is 6.06. The van der Waals surface area contributed by atoms with E-state index < -0.39 is 0 Å². The quantitative estimate of drug-likeness (QED) is 0.943. The number of hydrogen-bond donors (Lipinski definition) is 1. The lowest BCUT2D eigenvalue weighted by Crippen LogP contribution is -2.33. The fraction of sp³-hybridized carbons (Fsp3) is 0.381. The van der Waals surface area contributed by atoms with Crippen molar-refractivity contribution in [3.05, 3.63) is 59.7 Å². The first-order chi connectivity index (χ1) is 11.6. The largest absolute Gasteiger partial charge is 0.341 e. The number of likely N-dealkylation sites (tertiary alicyclic amines) is 1. The van der Waals surface area contributed by atoms with Gasteiger partial charge in [0.05, 0.1) is 0 Å². The lowest BCUT2D eigenvalue weighted by atomic mass is 9.95. The van der Waals surface area contributed by atoms with Gasteiger partial charge < -0.3 is 10.6 Å². The minimum absolute atomic E-state index is 0.140. The maximum Gasteiger partial charge on any atom is 0.226 e. The van der Waals surface area contributed by atoms with Crippen molar-refractivity contribution in [2.24, 2.45) is 11.7 Å². The summed E-state index contributed by atoms with van der Waals surface area (Å²) in [6, 6.07) is 17.3. The van der Waals surface area contributed by atoms with Gasteiger partial charge >= 0.3 is 0 Å². The van der Waals surface area contributed by atoms with E-state index in [-0.39, 0.29) is 12.0 Å². The van der Waals surface area contributed by atoms with E-state index in [1.807, 2.05) is 4.90 Å². The molecule has 124 valence electrons. The van der Waals surface area contributed by atoms with Crippen molar-refractivity contribution >= 4 is 5.91 Å². The van der Waals surface area contributed by atoms with Crippen LogP contribution >= 0.6 is 0 Å². The summed E-state index contributed by atoms with van der Waals surface area (Å²) in [5.41, 5.74) is 11.0. The van der Waals surface area contributed by atoms with E-state index in [2.05, 4.69) is 55.5 Å². The maximum atomic E-state index is 12.7. The molecule has 3 atom stereocenters. The van der Waals surface area contributed by atoms with E-state index in [0.29, 0.717) is 11.8 Å². The predicted octanol–water partition coefficient (Wildman–Crippen LogP) is 3.33. The second-order valence-corrected chi connectivity index (χ2v) is 7.24. The van der Waals surface area contributed by atoms with Crippen LogP contribution in [0.2, 0.25) is 0 Å². The highest BCUT2D eigenvalue weighted by Crippen LogP contribution is 2.51. The van der Waals surface area contributed by atoms with Crippen molar-refractivity contribution < 1.29 is 4.79 Å². The monoisotopic (exact) mass is 320 g/mol. The van der Waals surface area contributed by atoms with Gasteiger partial charge in [-0.1, -0.05) is 54.1 Å². The molecule has 2 N–H and O–H groups in total. The number of hydrogen-bond acceptors (Lipinski definition) is 2. The molecule has 0 aromatic heterocycles. The Morgan fingerprint density at radius 3 is 2.75 bits per heavy atom. The Kier molecular flexibility index (Phi) is 3.89. The van der Waals surface area contributed by atoms with E-state index in [1.54, 1.807) is 0 Å². The van der Waals surface area contributed by atoms with Crippen molar-refractivity contribution in [3.63, 3.8) is 0 Å². The number of aryl methyl sites for hydroxylation is 1. The molecule has 1 saturated carbocycles. The zero-order chi connectivity index (χ0) is 16.7. The minimum Gasteiger partial charge on any atom is -0.341 e. The van der Waals surface area contributed by atoms with Gasteiger partial charge in [0.25, 0.3) is 0 Å². The SMILES string of the molecule is Cc1cccc(-c2ccccc2C2CC2C(=O)N2CCC(N)C2)c1. The van der Waals surface area contributed by atoms with Crippen molar-refractivity contribution in [1.29, 1.82) is 0 Å². The molecule has 0 radical (unpaired) electrons. The zero-order valence-electron chi connectivity index (χ0n) is 14.1. The van der Waals surface area contributed by atoms with Crippen molar-refractivity contribution in [3.8, 4) is 11.1 Å². The lowest BCUT2D eigenvalue weighted by molar-refractivity contribution is -0.131. The van der Waals surface area contributed by atoms with Crippen LogP contribution in [0, 0.1) is 12.8 Å². The fourth-order valence-corrected chi connectivity index (χ4v) is 3.93. The molecule has 2 fully saturated rings. The van der Waals surface area contributed by atoms with Gasteiger partial charge in [0, 0.05) is 25.0 Å². The molecule has 24 heavy (non-hydrogen) atoms. The minimum atomic E-state index is 0.140. The maximum absolute atomic E-state index is 12.7. The van der Waals surface area contributed by atoms with Gasteiger partial charge in [-0.2, -0.15) is 0 Å². The van der Waals surface area contributed by atoms with Gasteiger partial charge in [-0.05, 0) is 42.4 Å². The molecular formula is C21H24N2O. The third kappa shape index (κ3) is 2.84. The lowest BCUT2D eigenvalue weighted by Gasteiger charge is -2.16. The second-order valence-electron chi connectivity index (χ2n) is 7.24. The molecule has 4 rings (SSSR count). The summed E-state index contributed by atoms with van der Waals surface area (Å²) >= 11 is 0. The van der Waals surface area contributed by atoms with Gasteiger partial charge in [0.15, 0.2) is 0 Å². The molecule has 1 aliphatic carbocycles. The molecule has 1 heterocycles. The summed E-state index contributed by atoms with van der Waals surface area (Å²) < 4.78 is 0. The Morgan fingerprint density at radius 2 is 2.00 bits per heavy atom. The van der Waals surface area contributed by atoms with Gasteiger partial charge in [-0.15, -0.1) is 0 Å². The molecule has 0 spiro atoms. The molecule has 0 bridgehead atoms. The Hall–Kier alpha value is -2.13. The summed E-state index contributed by atoms with van der Waals surface area (Å²) in [6.45, 7) is 3.66. The molecule has 2 aromatic carbocycles. The molecule has 1 aliphatic heterocycles. The summed E-state index contributed by atoms with van der Waals surface area (Å²) in [5, 5.41) is 0. The van der Waals surface area contributed by atoms with Crippen molar-refractivity contribution in [2.45, 2.75) is 31.7 Å². The number of nitrogens with two attached hydrogens (primary N) is 1. The van der Waals surface area contributed by atoms with Crippen molar-refractivity contribution in [1.82, 2.24) is 4.90 Å². The zero-order valence-corrected chi connectivity index (χ0v) is 14.1. The van der Waals surface area contributed by atoms with E-state index in [1.165, 1.54) is 22.3 Å². The van der Waals surface area contributed by atoms with Crippen LogP contribution in [-0.2, 0) is 4.79 Å². The Labute approximate surface area is 143 Å². The molecule has 3 nitrogen and oxygen atoms in total. The normalized spacial score (nSPS) is 25.8. The van der Waals surface area contributed by atoms with Crippen molar-refractivity contribution in [2.75, 3.05) is 13.1 Å². The third-order valence-corrected chi connectivity index (χ3v) is 5.33. The summed E-state index contributed by atoms with van der Waals surface area (Å²) in [6.07, 6.45) is 1.90. The van der Waals surface area contributed by atoms with Crippen LogP contribution in [0.4, 0.5) is 0 Å². The average Bonchev–Trinajstić information content (AvgIpc) is 3.27. The van der Waals surface area contributed by atoms with Crippen LogP contribution < -0.4 is 5.73 Å². The number of amides is 1. The highest BCUT2D eigenvalue weighted by Gasteiger charge is 2.47. The number of carbonyl (C=O) groups excluding carboxylic acids is 1. The standard InChI is InChI=1S/C21H24N2O/c1-14-5-4-6-15(11-14)17-7-2-3-8-18(17)19-12-20(19)21(24)23-10-9-16(22)13-23/h2-8,11,16,19-20H,9-10,12-13,22H2,1H3. The topological polar surface area (TPSA) is 46.3 Å². The first-order valence-corrected chi connectivity index (χ1v) is 8.84. The average molecular weight is 320 g/mol. The highest BCUT2D eigenvalue weighted by molar-refractivity contribution is 5.84. The Morgan fingerprint density at radius 1 is 1.17 bits per heavy atom. The first kappa shape index (κ1) is 15.4. The summed E-state index contributed by atoms with van der Waals surface area (Å²) in [5.74, 6) is 0.791. The van der Waals surface area contributed by atoms with E-state index in [4.69, 9.17) is 5.73 Å². The van der Waals surface area contributed by atoms with Crippen LogP contribution in [0.25, 0.3) is 11.1 Å². The summed E-state index contributed by atoms with van der Waals surface area (Å²) in [7, 11) is 0. The smallest absolute Gasteiger partial charge is 0.226 e. The van der Waals surface area contributed by atoms with E-state index in [9.17, 15) is 4.79 Å². The van der Waals surface area contributed by atoms with Crippen LogP contribution in [0.15, 0.2) is 48.5 Å². The Balaban J connectivity index is 1.57. The Bertz CT molecular complexity index is 770. The van der Waals surface area contributed by atoms with Gasteiger partial charge in [0.1, 0.15) is 0 Å².